The molecule has 3 aromatic rings. The number of phenolic OH excluding ortho intramolecular Hbond substituents is 1. The summed E-state index contributed by atoms with van der Waals surface area (Å²) in [5.41, 5.74) is 9.47. The van der Waals surface area contributed by atoms with E-state index in [0.717, 1.165) is 71.2 Å². The number of nitrogens with two attached hydrogens (primary N) is 1. The number of aryl methyl sites for hydroxylation is 2. The van der Waals surface area contributed by atoms with Crippen LogP contribution in [0.5, 0.6) is 11.5 Å². The first-order valence-electron chi connectivity index (χ1n) is 27.3. The Hall–Kier alpha value is -6.99. The Balaban J connectivity index is 1.31. The molecular formula is C55H74N8O19S. The predicted octanol–water partition coefficient (Wildman–Crippen LogP) is -1.70. The second-order valence-electron chi connectivity index (χ2n) is 21.2. The maximum absolute atomic E-state index is 14.6. The van der Waals surface area contributed by atoms with Gasteiger partial charge in [-0.2, -0.15) is 0 Å². The van der Waals surface area contributed by atoms with E-state index in [2.05, 4.69) is 67.1 Å². The fraction of sp³-hybridized carbons (Fsp3) is 0.527. The van der Waals surface area contributed by atoms with Crippen LogP contribution < -0.4 is 36.5 Å². The Morgan fingerprint density at radius 2 is 1.36 bits per heavy atom. The fourth-order valence-electron chi connectivity index (χ4n) is 10.2. The third kappa shape index (κ3) is 17.8. The Morgan fingerprint density at radius 3 is 1.99 bits per heavy atom. The van der Waals surface area contributed by atoms with Gasteiger partial charge >= 0.3 is 0 Å². The van der Waals surface area contributed by atoms with Gasteiger partial charge in [-0.25, -0.2) is 5.26 Å². The van der Waals surface area contributed by atoms with Crippen molar-refractivity contribution in [2.45, 2.75) is 158 Å². The van der Waals surface area contributed by atoms with Gasteiger partial charge in [-0.3, -0.25) is 38.4 Å². The first-order chi connectivity index (χ1) is 39.5. The Labute approximate surface area is 482 Å². The van der Waals surface area contributed by atoms with Crippen molar-refractivity contribution in [3.63, 3.8) is 0 Å². The second kappa shape index (κ2) is 30.5. The topological polar surface area (TPSA) is 419 Å². The molecule has 0 aromatic heterocycles. The molecule has 0 saturated carbocycles. The van der Waals surface area contributed by atoms with Gasteiger partial charge in [-0.1, -0.05) is 90.7 Å². The smallest absolute Gasteiger partial charge is 0.261 e. The van der Waals surface area contributed by atoms with Crippen molar-refractivity contribution in [1.82, 2.24) is 36.4 Å². The zero-order valence-corrected chi connectivity index (χ0v) is 46.8. The quantitative estimate of drug-likeness (QED) is 0.0259. The second-order valence-corrected chi connectivity index (χ2v) is 21.6. The molecule has 3 aliphatic rings. The number of carbonyl (C=O) groups excluding carboxylic acids is 8. The number of primary amides is 1. The molecule has 3 fully saturated rings. The van der Waals surface area contributed by atoms with E-state index in [1.165, 1.54) is 18.6 Å². The van der Waals surface area contributed by atoms with Crippen LogP contribution in [0.1, 0.15) is 82.4 Å². The number of amides is 8. The number of nitrogens with one attached hydrogen (secondary N) is 5. The lowest BCUT2D eigenvalue weighted by atomic mass is 9.98. The van der Waals surface area contributed by atoms with Gasteiger partial charge in [0.15, 0.2) is 11.5 Å². The van der Waals surface area contributed by atoms with Crippen molar-refractivity contribution in [3.05, 3.63) is 83.4 Å². The summed E-state index contributed by atoms with van der Waals surface area (Å²) >= 11 is 0.0632. The van der Waals surface area contributed by atoms with Crippen LogP contribution >= 0.6 is 12.3 Å². The average Bonchev–Trinajstić information content (AvgIpc) is 3.85. The van der Waals surface area contributed by atoms with Crippen LogP contribution in [0.4, 0.5) is 0 Å². The summed E-state index contributed by atoms with van der Waals surface area (Å²) in [6.07, 6.45) is -8.92. The Morgan fingerprint density at radius 1 is 0.747 bits per heavy atom. The Bertz CT molecular complexity index is 2740. The number of unbranched alkanes of at least 4 members (excludes halogenated alkanes) is 2. The summed E-state index contributed by atoms with van der Waals surface area (Å²) in [7, 11) is 0. The number of aliphatic hydroxyl groups excluding tert-OH is 6. The summed E-state index contributed by atoms with van der Waals surface area (Å²) in [6, 6.07) is 7.93. The third-order valence-electron chi connectivity index (χ3n) is 14.8. The first kappa shape index (κ1) is 65.2. The first-order valence-corrected chi connectivity index (χ1v) is 27.9. The number of aliphatic hydroxyl groups is 6. The molecule has 15 N–H and O–H groups in total. The molecular weight excluding hydrogens is 1110 g/mol. The van der Waals surface area contributed by atoms with Gasteiger partial charge in [0.1, 0.15) is 36.3 Å². The lowest BCUT2D eigenvalue weighted by Gasteiger charge is -2.33. The molecule has 13 unspecified atom stereocenters. The largest absolute Gasteiger partial charge is 0.504 e. The number of β-amino-alcohol motifs (C(OH)–C–C–N with tert-alkyl or cyclic N) is 1. The van der Waals surface area contributed by atoms with E-state index in [9.17, 15) is 74.1 Å². The van der Waals surface area contributed by atoms with Crippen LogP contribution in [0.3, 0.4) is 0 Å². The fourth-order valence-corrected chi connectivity index (χ4v) is 10.5. The zero-order valence-electron chi connectivity index (χ0n) is 46.0. The SMILES string of the molecule is CCCCCc1ccc(-c2ccc(CCC(=O)NC3CC(O)CNC(=O)C4C(O)C(C)CN4C(=O)C(C(O)CC(N)=O)NC(=O)C(C(O)Cc4ccc(O)c(OSOOO)c4)NC(=O)C4CC(O)CN4C(=O)C(C(C)O)NC3=O)cc2)cc1. The molecule has 6 rings (SSSR count). The van der Waals surface area contributed by atoms with Gasteiger partial charge in [-0.15, -0.1) is 0 Å². The summed E-state index contributed by atoms with van der Waals surface area (Å²) in [6.45, 7) is 3.13. The monoisotopic (exact) mass is 1180 g/mol. The molecule has 3 aromatic carbocycles. The maximum Gasteiger partial charge on any atom is 0.261 e. The minimum absolute atomic E-state index is 0.0632. The predicted molar refractivity (Wildman–Crippen MR) is 294 cm³/mol. The highest BCUT2D eigenvalue weighted by atomic mass is 32.2. The van der Waals surface area contributed by atoms with E-state index in [1.54, 1.807) is 0 Å². The number of hydrogen-bond donors (Lipinski definition) is 14. The standard InChI is InChI=1S/C55H74N8O19S/c1-4-5-6-7-30-8-14-33(15-9-30)34-16-10-31(11-17-34)13-19-44(71)58-37-22-35(65)25-57-53(76)48-49(72)28(2)26-63(48)55(78)47(41(69)24-43(56)70)61-52(75)46(40(68)20-32-12-18-39(67)42(21-32)80-83-82-81-79)60-51(74)38-23-36(66)27-62(38)54(77)45(29(3)64)59-50(37)73/h8-12,14-18,21,28-29,35-38,40-41,45-49,64-69,72,79H,4-7,13,19-20,22-27H2,1-3H3,(H2,56,70)(H,57,76)(H,58,71)(H,59,73)(H,60,74)(H,61,75). The van der Waals surface area contributed by atoms with Crippen LogP contribution in [0.15, 0.2) is 66.7 Å². The van der Waals surface area contributed by atoms with Gasteiger partial charge in [0.25, 0.3) is 12.3 Å². The average molecular weight is 1180 g/mol. The number of fused-ring (bicyclic) bond motifs is 2. The van der Waals surface area contributed by atoms with E-state index in [4.69, 9.17) is 15.2 Å². The van der Waals surface area contributed by atoms with E-state index < -0.39 is 171 Å². The third-order valence-corrected chi connectivity index (χ3v) is 15.2. The molecule has 0 spiro atoms. The minimum Gasteiger partial charge on any atom is -0.504 e. The molecule has 28 heteroatoms. The van der Waals surface area contributed by atoms with Gasteiger partial charge in [0, 0.05) is 51.2 Å². The lowest BCUT2D eigenvalue weighted by Crippen LogP contribution is -2.64. The molecule has 454 valence electrons. The highest BCUT2D eigenvalue weighted by Gasteiger charge is 2.50. The van der Waals surface area contributed by atoms with Crippen molar-refractivity contribution >= 4 is 59.6 Å². The molecule has 0 aliphatic carbocycles. The van der Waals surface area contributed by atoms with Crippen LogP contribution in [0, 0.1) is 5.92 Å². The van der Waals surface area contributed by atoms with E-state index in [0.29, 0.717) is 0 Å². The normalized spacial score (nSPS) is 26.0. The number of aromatic hydroxyl groups is 1. The summed E-state index contributed by atoms with van der Waals surface area (Å²) < 4.78 is 9.29. The highest BCUT2D eigenvalue weighted by molar-refractivity contribution is 7.90. The molecule has 83 heavy (non-hydrogen) atoms. The number of hydrogen-bond acceptors (Lipinski definition) is 20. The van der Waals surface area contributed by atoms with Crippen LogP contribution in [-0.2, 0) is 67.0 Å². The van der Waals surface area contributed by atoms with Crippen LogP contribution in [0.2, 0.25) is 0 Å². The van der Waals surface area contributed by atoms with Crippen LogP contribution in [0.25, 0.3) is 11.1 Å². The number of carbonyl (C=O) groups is 8. The van der Waals surface area contributed by atoms with Crippen molar-refractivity contribution in [1.29, 1.82) is 0 Å². The molecule has 3 saturated heterocycles. The van der Waals surface area contributed by atoms with Crippen molar-refractivity contribution in [2.75, 3.05) is 19.6 Å². The molecule has 8 amide bonds. The molecule has 0 radical (unpaired) electrons. The maximum atomic E-state index is 14.6. The number of rotatable bonds is 20. The number of phenols is 1. The zero-order chi connectivity index (χ0) is 60.7. The van der Waals surface area contributed by atoms with Gasteiger partial charge in [-0.05, 0) is 66.1 Å². The van der Waals surface area contributed by atoms with Crippen molar-refractivity contribution in [2.24, 2.45) is 11.7 Å². The summed E-state index contributed by atoms with van der Waals surface area (Å²) in [5.74, 6) is -10.7. The Kier molecular flexibility index (Phi) is 24.0. The summed E-state index contributed by atoms with van der Waals surface area (Å²) in [4.78, 5) is 114. The summed E-state index contributed by atoms with van der Waals surface area (Å²) in [5, 5.41) is 102. The van der Waals surface area contributed by atoms with Crippen molar-refractivity contribution in [3.8, 4) is 22.6 Å². The van der Waals surface area contributed by atoms with Gasteiger partial charge in [0.05, 0.1) is 43.0 Å². The molecule has 3 aliphatic heterocycles. The van der Waals surface area contributed by atoms with E-state index in [1.807, 2.05) is 24.3 Å². The lowest BCUT2D eigenvalue weighted by molar-refractivity contribution is -0.433. The van der Waals surface area contributed by atoms with Gasteiger partial charge in [0.2, 0.25) is 47.3 Å². The molecule has 13 atom stereocenters. The van der Waals surface area contributed by atoms with E-state index in [-0.39, 0.29) is 43.0 Å². The van der Waals surface area contributed by atoms with Crippen molar-refractivity contribution < 1.29 is 92.9 Å². The molecule has 27 nitrogen and oxygen atoms in total. The molecule has 0 bridgehead atoms. The van der Waals surface area contributed by atoms with E-state index >= 15 is 0 Å². The molecule has 3 heterocycles. The number of benzene rings is 3. The number of nitrogens with zero attached hydrogens (tertiary/aromatic N) is 2. The van der Waals surface area contributed by atoms with Gasteiger partial charge < -0.3 is 82.0 Å². The minimum atomic E-state index is -2.20. The van der Waals surface area contributed by atoms with Crippen LogP contribution in [-0.4, -0.2) is 191 Å². The highest BCUT2D eigenvalue weighted by Crippen LogP contribution is 2.32.